The van der Waals surface area contributed by atoms with Crippen LogP contribution < -0.4 is 10.3 Å². The number of hydrazine groups is 1. The molecule has 0 aromatic heterocycles. The van der Waals surface area contributed by atoms with E-state index in [0.717, 1.165) is 5.56 Å². The minimum absolute atomic E-state index is 0.0519. The van der Waals surface area contributed by atoms with Gasteiger partial charge in [-0.1, -0.05) is 54.1 Å². The lowest BCUT2D eigenvalue weighted by Gasteiger charge is -2.20. The molecule has 1 amide bonds. The maximum Gasteiger partial charge on any atom is 0.263 e. The molecule has 0 saturated carbocycles. The molecule has 0 fully saturated rings. The fourth-order valence-electron chi connectivity index (χ4n) is 2.71. The Morgan fingerprint density at radius 1 is 1.03 bits per heavy atom. The smallest absolute Gasteiger partial charge is 0.263 e. The van der Waals surface area contributed by atoms with E-state index in [9.17, 15) is 18.0 Å². The monoisotopic (exact) mass is 411 g/mol. The molecule has 7 nitrogen and oxygen atoms in total. The first kappa shape index (κ1) is 20.5. The third kappa shape index (κ3) is 5.40. The molecule has 2 aromatic carbocycles. The second-order valence-corrected chi connectivity index (χ2v) is 8.26. The minimum Gasteiger partial charge on any atom is -0.346 e. The van der Waals surface area contributed by atoms with Gasteiger partial charge in [0.25, 0.3) is 15.9 Å². The van der Waals surface area contributed by atoms with Crippen LogP contribution >= 0.6 is 0 Å². The van der Waals surface area contributed by atoms with Crippen LogP contribution in [0.5, 0.6) is 0 Å². The van der Waals surface area contributed by atoms with Gasteiger partial charge < -0.3 is 4.90 Å². The average Bonchev–Trinajstić information content (AvgIpc) is 2.73. The highest BCUT2D eigenvalue weighted by molar-refractivity contribution is 7.89. The number of nitrogens with zero attached hydrogens (tertiary/aromatic N) is 1. The first-order valence-electron chi connectivity index (χ1n) is 8.95. The van der Waals surface area contributed by atoms with E-state index >= 15 is 0 Å². The fraction of sp³-hybridized carbons (Fsp3) is 0.143. The van der Waals surface area contributed by atoms with E-state index < -0.39 is 15.9 Å². The maximum atomic E-state index is 12.4. The third-order valence-corrected chi connectivity index (χ3v) is 5.56. The standard InChI is InChI=1S/C21H21N3O4S/c1-16-9-11-19(12-10-16)29(27,28)23-22-21(26)18-8-5-13-24(14-18)15-20(25)17-6-3-2-4-7-17/h2-7,9-14,23H,8,15H2,1H3,(H,22,26). The van der Waals surface area contributed by atoms with Crippen molar-refractivity contribution in [2.75, 3.05) is 6.54 Å². The Hall–Kier alpha value is -3.23. The molecule has 0 aliphatic carbocycles. The van der Waals surface area contributed by atoms with Crippen LogP contribution in [0.4, 0.5) is 0 Å². The van der Waals surface area contributed by atoms with Gasteiger partial charge in [-0.25, -0.2) is 8.42 Å². The van der Waals surface area contributed by atoms with Crippen LogP contribution in [-0.2, 0) is 14.8 Å². The van der Waals surface area contributed by atoms with Crippen molar-refractivity contribution in [2.24, 2.45) is 0 Å². The summed E-state index contributed by atoms with van der Waals surface area (Å²) in [7, 11) is -3.87. The lowest BCUT2D eigenvalue weighted by atomic mass is 10.1. The van der Waals surface area contributed by atoms with E-state index in [4.69, 9.17) is 0 Å². The highest BCUT2D eigenvalue weighted by atomic mass is 32.2. The Bertz CT molecular complexity index is 1060. The van der Waals surface area contributed by atoms with E-state index in [1.807, 2.05) is 13.0 Å². The van der Waals surface area contributed by atoms with Gasteiger partial charge >= 0.3 is 0 Å². The quantitative estimate of drug-likeness (QED) is 0.538. The molecule has 0 saturated heterocycles. The van der Waals surface area contributed by atoms with E-state index in [1.54, 1.807) is 53.6 Å². The zero-order chi connectivity index (χ0) is 20.9. The van der Waals surface area contributed by atoms with Crippen LogP contribution in [-0.4, -0.2) is 31.6 Å². The number of hydrogen-bond acceptors (Lipinski definition) is 5. The fourth-order valence-corrected chi connectivity index (χ4v) is 3.55. The number of allylic oxidation sites excluding steroid dienone is 1. The van der Waals surface area contributed by atoms with E-state index in [1.165, 1.54) is 18.3 Å². The van der Waals surface area contributed by atoms with E-state index in [0.29, 0.717) is 17.6 Å². The number of Topliss-reactive ketones (excluding diaryl/α,β-unsaturated/α-hetero) is 1. The molecule has 8 heteroatoms. The van der Waals surface area contributed by atoms with Gasteiger partial charge in [-0.15, -0.1) is 4.83 Å². The van der Waals surface area contributed by atoms with Crippen LogP contribution in [0.2, 0.25) is 0 Å². The first-order chi connectivity index (χ1) is 13.8. The normalized spacial score (nSPS) is 13.7. The number of nitrogens with one attached hydrogen (secondary N) is 2. The van der Waals surface area contributed by atoms with Crippen LogP contribution in [0.3, 0.4) is 0 Å². The Kier molecular flexibility index (Phi) is 6.26. The van der Waals surface area contributed by atoms with Gasteiger partial charge in [0, 0.05) is 23.5 Å². The summed E-state index contributed by atoms with van der Waals surface area (Å²) < 4.78 is 24.6. The zero-order valence-corrected chi connectivity index (χ0v) is 16.6. The summed E-state index contributed by atoms with van der Waals surface area (Å²) in [5.74, 6) is -0.671. The summed E-state index contributed by atoms with van der Waals surface area (Å²) in [4.78, 5) is 28.5. The Morgan fingerprint density at radius 3 is 2.41 bits per heavy atom. The molecular formula is C21H21N3O4S. The highest BCUT2D eigenvalue weighted by Gasteiger charge is 2.19. The molecule has 0 unspecified atom stereocenters. The molecule has 1 heterocycles. The lowest BCUT2D eigenvalue weighted by Crippen LogP contribution is -2.42. The third-order valence-electron chi connectivity index (χ3n) is 4.30. The van der Waals surface area contributed by atoms with Crippen LogP contribution in [0.1, 0.15) is 22.3 Å². The van der Waals surface area contributed by atoms with Crippen LogP contribution in [0.25, 0.3) is 0 Å². The van der Waals surface area contributed by atoms with Gasteiger partial charge in [-0.3, -0.25) is 15.0 Å². The first-order valence-corrected chi connectivity index (χ1v) is 10.4. The number of hydrogen-bond donors (Lipinski definition) is 2. The summed E-state index contributed by atoms with van der Waals surface area (Å²) in [6, 6.07) is 15.1. The van der Waals surface area contributed by atoms with Crippen molar-refractivity contribution in [3.05, 3.63) is 89.8 Å². The van der Waals surface area contributed by atoms with Crippen molar-refractivity contribution in [3.8, 4) is 0 Å². The van der Waals surface area contributed by atoms with Gasteiger partial charge in [-0.2, -0.15) is 0 Å². The van der Waals surface area contributed by atoms with Crippen molar-refractivity contribution in [2.45, 2.75) is 18.2 Å². The average molecular weight is 411 g/mol. The summed E-state index contributed by atoms with van der Waals surface area (Å²) in [6.07, 6.45) is 5.32. The molecule has 2 aromatic rings. The van der Waals surface area contributed by atoms with E-state index in [2.05, 4.69) is 10.3 Å². The van der Waals surface area contributed by atoms with Gasteiger partial charge in [0.1, 0.15) is 0 Å². The molecule has 1 aliphatic rings. The zero-order valence-electron chi connectivity index (χ0n) is 15.8. The van der Waals surface area contributed by atoms with Crippen LogP contribution in [0.15, 0.2) is 83.5 Å². The highest BCUT2D eigenvalue weighted by Crippen LogP contribution is 2.14. The number of carbonyl (C=O) groups is 2. The number of ketones is 1. The summed E-state index contributed by atoms with van der Waals surface area (Å²) in [5.41, 5.74) is 4.06. The number of rotatable bonds is 7. The maximum absolute atomic E-state index is 12.4. The molecule has 1 aliphatic heterocycles. The van der Waals surface area contributed by atoms with Crippen molar-refractivity contribution in [3.63, 3.8) is 0 Å². The molecule has 29 heavy (non-hydrogen) atoms. The van der Waals surface area contributed by atoms with Gasteiger partial charge in [0.05, 0.1) is 11.4 Å². The van der Waals surface area contributed by atoms with Crippen molar-refractivity contribution >= 4 is 21.7 Å². The number of sulfonamides is 1. The molecule has 3 rings (SSSR count). The predicted octanol–water partition coefficient (Wildman–Crippen LogP) is 2.29. The minimum atomic E-state index is -3.87. The van der Waals surface area contributed by atoms with Crippen molar-refractivity contribution < 1.29 is 18.0 Å². The molecule has 2 N–H and O–H groups in total. The van der Waals surface area contributed by atoms with Crippen LogP contribution in [0, 0.1) is 6.92 Å². The number of carbonyl (C=O) groups excluding carboxylic acids is 2. The molecule has 0 spiro atoms. The largest absolute Gasteiger partial charge is 0.346 e. The SMILES string of the molecule is Cc1ccc(S(=O)(=O)NNC(=O)C2=CN(CC(=O)c3ccccc3)C=CC2)cc1. The predicted molar refractivity (Wildman–Crippen MR) is 109 cm³/mol. The van der Waals surface area contributed by atoms with Gasteiger partial charge in [0.15, 0.2) is 5.78 Å². The molecular weight excluding hydrogens is 390 g/mol. The summed E-state index contributed by atoms with van der Waals surface area (Å²) in [5, 5.41) is 0. The van der Waals surface area contributed by atoms with Gasteiger partial charge in [0.2, 0.25) is 0 Å². The van der Waals surface area contributed by atoms with Crippen molar-refractivity contribution in [1.29, 1.82) is 0 Å². The topological polar surface area (TPSA) is 95.6 Å². The van der Waals surface area contributed by atoms with E-state index in [-0.39, 0.29) is 17.2 Å². The Labute approximate surface area is 169 Å². The van der Waals surface area contributed by atoms with Gasteiger partial charge in [-0.05, 0) is 25.5 Å². The Morgan fingerprint density at radius 2 is 1.72 bits per heavy atom. The Balaban J connectivity index is 1.61. The van der Waals surface area contributed by atoms with Crippen molar-refractivity contribution in [1.82, 2.24) is 15.2 Å². The molecule has 0 atom stereocenters. The summed E-state index contributed by atoms with van der Waals surface area (Å²) >= 11 is 0. The number of benzene rings is 2. The molecule has 150 valence electrons. The number of aryl methyl sites for hydroxylation is 1. The second-order valence-electron chi connectivity index (χ2n) is 6.58. The molecule has 0 radical (unpaired) electrons. The molecule has 0 bridgehead atoms. The second kappa shape index (κ2) is 8.85. The lowest BCUT2D eigenvalue weighted by molar-refractivity contribution is -0.118. The summed E-state index contributed by atoms with van der Waals surface area (Å²) in [6.45, 7) is 1.93. The number of amides is 1.